The zero-order chi connectivity index (χ0) is 23.1. The molecule has 4 nitrogen and oxygen atoms in total. The first kappa shape index (κ1) is 23.9. The molecule has 0 aliphatic carbocycles. The first-order valence-electron chi connectivity index (χ1n) is 9.78. The normalized spacial score (nSPS) is 11.0. The Labute approximate surface area is 205 Å². The van der Waals surface area contributed by atoms with Crippen molar-refractivity contribution in [1.29, 1.82) is 5.26 Å². The van der Waals surface area contributed by atoms with Gasteiger partial charge in [-0.2, -0.15) is 5.26 Å². The van der Waals surface area contributed by atoms with Crippen LogP contribution in [0.15, 0.2) is 70.7 Å². The molecule has 0 aliphatic rings. The number of halogens is 3. The molecule has 3 rings (SSSR count). The van der Waals surface area contributed by atoms with Crippen molar-refractivity contribution < 1.29 is 9.53 Å². The van der Waals surface area contributed by atoms with Crippen molar-refractivity contribution >= 4 is 56.8 Å². The zero-order valence-corrected chi connectivity index (χ0v) is 20.3. The Hall–Kier alpha value is -2.78. The van der Waals surface area contributed by atoms with Crippen LogP contribution in [0.5, 0.6) is 5.75 Å². The van der Waals surface area contributed by atoms with E-state index in [2.05, 4.69) is 21.2 Å². The van der Waals surface area contributed by atoms with Gasteiger partial charge in [-0.25, -0.2) is 0 Å². The maximum absolute atomic E-state index is 12.6. The summed E-state index contributed by atoms with van der Waals surface area (Å²) >= 11 is 16.1. The molecule has 0 unspecified atom stereocenters. The molecule has 0 fully saturated rings. The molecule has 0 aromatic heterocycles. The van der Waals surface area contributed by atoms with Gasteiger partial charge in [0.15, 0.2) is 0 Å². The Morgan fingerprint density at radius 2 is 1.94 bits per heavy atom. The molecule has 0 saturated heterocycles. The highest BCUT2D eigenvalue weighted by atomic mass is 79.9. The number of nitriles is 1. The molecular weight excluding hydrogens is 511 g/mol. The largest absolute Gasteiger partial charge is 0.494 e. The molecule has 0 spiro atoms. The van der Waals surface area contributed by atoms with Gasteiger partial charge in [0, 0.05) is 32.2 Å². The Bertz CT molecular complexity index is 1220. The lowest BCUT2D eigenvalue weighted by Crippen LogP contribution is -2.13. The number of anilines is 1. The molecule has 3 aromatic rings. The van der Waals surface area contributed by atoms with Crippen LogP contribution in [0.4, 0.5) is 5.69 Å². The number of rotatable bonds is 7. The number of nitrogens with one attached hydrogen (secondary N) is 1. The lowest BCUT2D eigenvalue weighted by atomic mass is 10.0. The summed E-state index contributed by atoms with van der Waals surface area (Å²) in [5.74, 6) is 0.0654. The Morgan fingerprint density at radius 3 is 2.62 bits per heavy atom. The third kappa shape index (κ3) is 6.14. The maximum atomic E-state index is 12.6. The van der Waals surface area contributed by atoms with Crippen LogP contribution < -0.4 is 10.1 Å². The zero-order valence-electron chi connectivity index (χ0n) is 17.2. The number of carbonyl (C=O) groups excluding carboxylic acids is 1. The molecule has 7 heteroatoms. The van der Waals surface area contributed by atoms with E-state index in [0.717, 1.165) is 15.6 Å². The van der Waals surface area contributed by atoms with E-state index in [4.69, 9.17) is 27.9 Å². The number of nitrogens with zero attached hydrogens (tertiary/aromatic N) is 1. The van der Waals surface area contributed by atoms with Crippen LogP contribution in [0.2, 0.25) is 10.0 Å². The summed E-state index contributed by atoms with van der Waals surface area (Å²) in [7, 11) is 0. The molecule has 162 valence electrons. The summed E-state index contributed by atoms with van der Waals surface area (Å²) < 4.78 is 6.81. The molecule has 0 aliphatic heterocycles. The summed E-state index contributed by atoms with van der Waals surface area (Å²) in [5.41, 5.74) is 2.92. The summed E-state index contributed by atoms with van der Waals surface area (Å²) in [6.07, 6.45) is 2.05. The second kappa shape index (κ2) is 11.2. The van der Waals surface area contributed by atoms with Gasteiger partial charge < -0.3 is 10.1 Å². The number of carbonyl (C=O) groups is 1. The van der Waals surface area contributed by atoms with Crippen LogP contribution in [0.3, 0.4) is 0 Å². The van der Waals surface area contributed by atoms with E-state index in [9.17, 15) is 10.1 Å². The van der Waals surface area contributed by atoms with Crippen molar-refractivity contribution in [2.45, 2.75) is 13.3 Å². The standard InChI is InChI=1S/C25H19BrCl2N2O2/c1-2-32-24-12-16(11-23(28)21(24)13-17-6-3-4-9-22(17)26)10-18(15-29)25(31)30-20-8-5-7-19(27)14-20/h3-12,14H,2,13H2,1H3,(H,30,31)/b18-10+. The third-order valence-electron chi connectivity index (χ3n) is 4.56. The molecule has 3 aromatic carbocycles. The fourth-order valence-electron chi connectivity index (χ4n) is 3.08. The topological polar surface area (TPSA) is 62.1 Å². The van der Waals surface area contributed by atoms with E-state index in [1.807, 2.05) is 37.3 Å². The average molecular weight is 530 g/mol. The van der Waals surface area contributed by atoms with Crippen molar-refractivity contribution in [1.82, 2.24) is 0 Å². The Balaban J connectivity index is 1.92. The summed E-state index contributed by atoms with van der Waals surface area (Å²) in [6.45, 7) is 2.34. The molecular formula is C25H19BrCl2N2O2. The summed E-state index contributed by atoms with van der Waals surface area (Å²) in [5, 5.41) is 13.2. The number of hydrogen-bond acceptors (Lipinski definition) is 3. The predicted molar refractivity (Wildman–Crippen MR) is 133 cm³/mol. The van der Waals surface area contributed by atoms with Gasteiger partial charge in [-0.3, -0.25) is 4.79 Å². The van der Waals surface area contributed by atoms with E-state index in [0.29, 0.717) is 40.1 Å². The van der Waals surface area contributed by atoms with Crippen molar-refractivity contribution in [2.75, 3.05) is 11.9 Å². The van der Waals surface area contributed by atoms with Crippen LogP contribution in [0.25, 0.3) is 6.08 Å². The van der Waals surface area contributed by atoms with Crippen LogP contribution in [-0.2, 0) is 11.2 Å². The highest BCUT2D eigenvalue weighted by molar-refractivity contribution is 9.10. The van der Waals surface area contributed by atoms with Crippen LogP contribution in [-0.4, -0.2) is 12.5 Å². The summed E-state index contributed by atoms with van der Waals surface area (Å²) in [4.78, 5) is 12.6. The summed E-state index contributed by atoms with van der Waals surface area (Å²) in [6, 6.07) is 20.1. The lowest BCUT2D eigenvalue weighted by Gasteiger charge is -2.14. The van der Waals surface area contributed by atoms with Crippen LogP contribution in [0.1, 0.15) is 23.6 Å². The van der Waals surface area contributed by atoms with Gasteiger partial charge in [-0.15, -0.1) is 0 Å². The van der Waals surface area contributed by atoms with Gasteiger partial charge in [-0.05, 0) is 60.5 Å². The number of amides is 1. The number of ether oxygens (including phenoxy) is 1. The molecule has 0 bridgehead atoms. The lowest BCUT2D eigenvalue weighted by molar-refractivity contribution is -0.112. The first-order chi connectivity index (χ1) is 15.4. The number of hydrogen-bond donors (Lipinski definition) is 1. The molecule has 0 radical (unpaired) electrons. The first-order valence-corrected chi connectivity index (χ1v) is 11.3. The average Bonchev–Trinajstić information content (AvgIpc) is 2.75. The smallest absolute Gasteiger partial charge is 0.266 e. The maximum Gasteiger partial charge on any atom is 0.266 e. The van der Waals surface area contributed by atoms with Crippen molar-refractivity contribution in [3.05, 3.63) is 97.4 Å². The van der Waals surface area contributed by atoms with Crippen molar-refractivity contribution in [2.24, 2.45) is 0 Å². The minimum atomic E-state index is -0.541. The van der Waals surface area contributed by atoms with E-state index in [1.165, 1.54) is 6.08 Å². The Kier molecular flexibility index (Phi) is 8.35. The van der Waals surface area contributed by atoms with Gasteiger partial charge in [-0.1, -0.05) is 63.4 Å². The van der Waals surface area contributed by atoms with Gasteiger partial charge in [0.2, 0.25) is 0 Å². The van der Waals surface area contributed by atoms with E-state index >= 15 is 0 Å². The second-order valence-corrected chi connectivity index (χ2v) is 8.51. The molecule has 0 saturated carbocycles. The monoisotopic (exact) mass is 528 g/mol. The Morgan fingerprint density at radius 1 is 1.16 bits per heavy atom. The molecule has 1 amide bonds. The third-order valence-corrected chi connectivity index (χ3v) is 5.91. The number of benzene rings is 3. The second-order valence-electron chi connectivity index (χ2n) is 6.81. The SMILES string of the molecule is CCOc1cc(/C=C(\C#N)C(=O)Nc2cccc(Cl)c2)cc(Cl)c1Cc1ccccc1Br. The van der Waals surface area contributed by atoms with Crippen molar-refractivity contribution in [3.8, 4) is 11.8 Å². The highest BCUT2D eigenvalue weighted by Gasteiger charge is 2.15. The van der Waals surface area contributed by atoms with Gasteiger partial charge in [0.25, 0.3) is 5.91 Å². The van der Waals surface area contributed by atoms with Crippen LogP contribution >= 0.6 is 39.1 Å². The highest BCUT2D eigenvalue weighted by Crippen LogP contribution is 2.33. The molecule has 0 atom stereocenters. The van der Waals surface area contributed by atoms with E-state index in [-0.39, 0.29) is 5.57 Å². The van der Waals surface area contributed by atoms with Crippen LogP contribution in [0, 0.1) is 11.3 Å². The quantitative estimate of drug-likeness (QED) is 0.258. The predicted octanol–water partition coefficient (Wildman–Crippen LogP) is 7.29. The minimum Gasteiger partial charge on any atom is -0.494 e. The molecule has 32 heavy (non-hydrogen) atoms. The molecule has 0 heterocycles. The van der Waals surface area contributed by atoms with E-state index < -0.39 is 5.91 Å². The van der Waals surface area contributed by atoms with Crippen molar-refractivity contribution in [3.63, 3.8) is 0 Å². The van der Waals surface area contributed by atoms with Gasteiger partial charge >= 0.3 is 0 Å². The minimum absolute atomic E-state index is 0.0676. The fourth-order valence-corrected chi connectivity index (χ4v) is 3.98. The molecule has 1 N–H and O–H groups in total. The van der Waals surface area contributed by atoms with E-state index in [1.54, 1.807) is 36.4 Å². The van der Waals surface area contributed by atoms with Gasteiger partial charge in [0.1, 0.15) is 17.4 Å². The fraction of sp³-hybridized carbons (Fsp3) is 0.120. The van der Waals surface area contributed by atoms with Gasteiger partial charge in [0.05, 0.1) is 6.61 Å².